The van der Waals surface area contributed by atoms with E-state index in [4.69, 9.17) is 10.2 Å². The van der Waals surface area contributed by atoms with Crippen molar-refractivity contribution in [3.63, 3.8) is 0 Å². The molecular weight excluding hydrogens is 250 g/mol. The Morgan fingerprint density at radius 2 is 2.00 bits per heavy atom. The number of carbonyl (C=O) groups is 1. The highest BCUT2D eigenvalue weighted by Crippen LogP contribution is 2.25. The summed E-state index contributed by atoms with van der Waals surface area (Å²) < 4.78 is 5.46. The molecule has 0 aliphatic rings. The zero-order valence-electron chi connectivity index (χ0n) is 10.1. The molecule has 1 amide bonds. The molecule has 1 heterocycles. The molecule has 0 bridgehead atoms. The van der Waals surface area contributed by atoms with Gasteiger partial charge in [-0.25, -0.2) is 0 Å². The Hall–Kier alpha value is -1.82. The van der Waals surface area contributed by atoms with E-state index in [2.05, 4.69) is 10.2 Å². The summed E-state index contributed by atoms with van der Waals surface area (Å²) in [6, 6.07) is 7.76. The van der Waals surface area contributed by atoms with Crippen LogP contribution in [0.1, 0.15) is 12.5 Å². The summed E-state index contributed by atoms with van der Waals surface area (Å²) in [7, 11) is 0. The molecule has 0 fully saturated rings. The standard InChI is InChI=1S/C12H13N3O2S/c1-7-3-5-9(6-4-7)11-14-15-12(17-11)18-8(2)10(13)16/h3-6,8H,1-2H3,(H2,13,16)/t8-/m0/s1. The lowest BCUT2D eigenvalue weighted by Gasteiger charge is -2.01. The predicted octanol–water partition coefficient (Wildman–Crippen LogP) is 2.01. The number of carbonyl (C=O) groups excluding carboxylic acids is 1. The fraction of sp³-hybridized carbons (Fsp3) is 0.250. The van der Waals surface area contributed by atoms with Crippen LogP contribution < -0.4 is 5.73 Å². The van der Waals surface area contributed by atoms with Crippen molar-refractivity contribution in [2.24, 2.45) is 5.73 Å². The highest BCUT2D eigenvalue weighted by molar-refractivity contribution is 8.00. The number of nitrogens with zero attached hydrogens (tertiary/aromatic N) is 2. The summed E-state index contributed by atoms with van der Waals surface area (Å²) in [5, 5.41) is 7.77. The van der Waals surface area contributed by atoms with Crippen LogP contribution in [0.4, 0.5) is 0 Å². The molecule has 0 saturated heterocycles. The number of primary amides is 1. The van der Waals surface area contributed by atoms with Gasteiger partial charge in [0.2, 0.25) is 11.8 Å². The van der Waals surface area contributed by atoms with E-state index in [1.807, 2.05) is 31.2 Å². The van der Waals surface area contributed by atoms with Gasteiger partial charge in [-0.1, -0.05) is 29.5 Å². The number of thioether (sulfide) groups is 1. The first kappa shape index (κ1) is 12.6. The zero-order chi connectivity index (χ0) is 13.1. The van der Waals surface area contributed by atoms with Crippen molar-refractivity contribution in [3.05, 3.63) is 29.8 Å². The third-order valence-corrected chi connectivity index (χ3v) is 3.34. The van der Waals surface area contributed by atoms with Crippen LogP contribution in [-0.2, 0) is 4.79 Å². The maximum atomic E-state index is 10.9. The van der Waals surface area contributed by atoms with Crippen LogP contribution in [0.15, 0.2) is 33.9 Å². The summed E-state index contributed by atoms with van der Waals surface area (Å²) in [5.74, 6) is 0.0317. The molecule has 0 saturated carbocycles. The van der Waals surface area contributed by atoms with Gasteiger partial charge in [-0.05, 0) is 26.0 Å². The Morgan fingerprint density at radius 1 is 1.33 bits per heavy atom. The molecule has 6 heteroatoms. The summed E-state index contributed by atoms with van der Waals surface area (Å²) in [5.41, 5.74) is 7.18. The first-order valence-corrected chi connectivity index (χ1v) is 6.31. The Labute approximate surface area is 109 Å². The molecule has 1 atom stereocenters. The second kappa shape index (κ2) is 5.22. The van der Waals surface area contributed by atoms with Crippen molar-refractivity contribution in [2.75, 3.05) is 0 Å². The molecule has 2 N–H and O–H groups in total. The smallest absolute Gasteiger partial charge is 0.277 e. The van der Waals surface area contributed by atoms with Gasteiger partial charge in [0, 0.05) is 5.56 Å². The molecule has 1 aromatic carbocycles. The van der Waals surface area contributed by atoms with E-state index in [-0.39, 0.29) is 0 Å². The van der Waals surface area contributed by atoms with E-state index in [0.717, 1.165) is 22.9 Å². The Bertz CT molecular complexity index is 551. The molecule has 0 aliphatic carbocycles. The summed E-state index contributed by atoms with van der Waals surface area (Å²) in [4.78, 5) is 10.9. The number of benzene rings is 1. The molecule has 5 nitrogen and oxygen atoms in total. The Balaban J connectivity index is 2.15. The van der Waals surface area contributed by atoms with Gasteiger partial charge in [-0.15, -0.1) is 10.2 Å². The molecule has 18 heavy (non-hydrogen) atoms. The van der Waals surface area contributed by atoms with E-state index in [1.165, 1.54) is 0 Å². The quantitative estimate of drug-likeness (QED) is 0.853. The molecule has 0 radical (unpaired) electrons. The van der Waals surface area contributed by atoms with Crippen LogP contribution in [0.3, 0.4) is 0 Å². The largest absolute Gasteiger partial charge is 0.411 e. The van der Waals surface area contributed by atoms with Crippen LogP contribution >= 0.6 is 11.8 Å². The Kier molecular flexibility index (Phi) is 3.66. The van der Waals surface area contributed by atoms with Crippen LogP contribution in [-0.4, -0.2) is 21.4 Å². The molecule has 2 aromatic rings. The third-order valence-electron chi connectivity index (χ3n) is 2.38. The van der Waals surface area contributed by atoms with Crippen molar-refractivity contribution in [3.8, 4) is 11.5 Å². The second-order valence-corrected chi connectivity index (χ2v) is 5.19. The SMILES string of the molecule is Cc1ccc(-c2nnc(S[C@@H](C)C(N)=O)o2)cc1. The van der Waals surface area contributed by atoms with Crippen molar-refractivity contribution >= 4 is 17.7 Å². The second-order valence-electron chi connectivity index (χ2n) is 3.90. The lowest BCUT2D eigenvalue weighted by atomic mass is 10.1. The van der Waals surface area contributed by atoms with Crippen LogP contribution in [0.2, 0.25) is 0 Å². The number of hydrogen-bond acceptors (Lipinski definition) is 5. The van der Waals surface area contributed by atoms with Gasteiger partial charge in [0.05, 0.1) is 5.25 Å². The number of rotatable bonds is 4. The van der Waals surface area contributed by atoms with Crippen LogP contribution in [0, 0.1) is 6.92 Å². The normalized spacial score (nSPS) is 12.3. The summed E-state index contributed by atoms with van der Waals surface area (Å²) in [6.07, 6.45) is 0. The van der Waals surface area contributed by atoms with Crippen molar-refractivity contribution in [1.29, 1.82) is 0 Å². The molecule has 1 aromatic heterocycles. The van der Waals surface area contributed by atoms with E-state index in [0.29, 0.717) is 11.1 Å². The van der Waals surface area contributed by atoms with Gasteiger partial charge in [-0.2, -0.15) is 0 Å². The van der Waals surface area contributed by atoms with E-state index >= 15 is 0 Å². The molecule has 0 aliphatic heterocycles. The summed E-state index contributed by atoms with van der Waals surface area (Å²) in [6.45, 7) is 3.70. The number of nitrogens with two attached hydrogens (primary N) is 1. The zero-order valence-corrected chi connectivity index (χ0v) is 10.9. The van der Waals surface area contributed by atoms with Gasteiger partial charge in [0.25, 0.3) is 5.22 Å². The van der Waals surface area contributed by atoms with Crippen molar-refractivity contribution < 1.29 is 9.21 Å². The van der Waals surface area contributed by atoms with E-state index in [1.54, 1.807) is 6.92 Å². The van der Waals surface area contributed by atoms with Crippen molar-refractivity contribution in [2.45, 2.75) is 24.3 Å². The maximum absolute atomic E-state index is 10.9. The summed E-state index contributed by atoms with van der Waals surface area (Å²) >= 11 is 1.16. The minimum Gasteiger partial charge on any atom is -0.411 e. The average Bonchev–Trinajstić information content (AvgIpc) is 2.78. The molecule has 0 spiro atoms. The number of aryl methyl sites for hydroxylation is 1. The fourth-order valence-corrected chi connectivity index (χ4v) is 1.91. The van der Waals surface area contributed by atoms with Crippen LogP contribution in [0.25, 0.3) is 11.5 Å². The lowest BCUT2D eigenvalue weighted by Crippen LogP contribution is -2.22. The van der Waals surface area contributed by atoms with E-state index < -0.39 is 11.2 Å². The highest BCUT2D eigenvalue weighted by atomic mass is 32.2. The Morgan fingerprint density at radius 3 is 2.61 bits per heavy atom. The molecule has 94 valence electrons. The van der Waals surface area contributed by atoms with Crippen molar-refractivity contribution in [1.82, 2.24) is 10.2 Å². The fourth-order valence-electron chi connectivity index (χ4n) is 1.28. The first-order valence-electron chi connectivity index (χ1n) is 5.43. The minimum atomic E-state index is -0.407. The number of amides is 1. The average molecular weight is 263 g/mol. The molecule has 2 rings (SSSR count). The van der Waals surface area contributed by atoms with Gasteiger partial charge in [-0.3, -0.25) is 4.79 Å². The van der Waals surface area contributed by atoms with E-state index in [9.17, 15) is 4.79 Å². The maximum Gasteiger partial charge on any atom is 0.277 e. The highest BCUT2D eigenvalue weighted by Gasteiger charge is 2.16. The van der Waals surface area contributed by atoms with Crippen LogP contribution in [0.5, 0.6) is 0 Å². The molecular formula is C12H13N3O2S. The van der Waals surface area contributed by atoms with Gasteiger partial charge >= 0.3 is 0 Å². The first-order chi connectivity index (χ1) is 8.56. The number of aromatic nitrogens is 2. The van der Waals surface area contributed by atoms with Gasteiger partial charge < -0.3 is 10.2 Å². The molecule has 0 unspecified atom stereocenters. The van der Waals surface area contributed by atoms with Gasteiger partial charge in [0.15, 0.2) is 0 Å². The number of hydrogen-bond donors (Lipinski definition) is 1. The van der Waals surface area contributed by atoms with Gasteiger partial charge in [0.1, 0.15) is 0 Å². The third kappa shape index (κ3) is 2.89. The topological polar surface area (TPSA) is 82.0 Å². The lowest BCUT2D eigenvalue weighted by molar-refractivity contribution is -0.117. The predicted molar refractivity (Wildman–Crippen MR) is 69.0 cm³/mol. The minimum absolute atomic E-state index is 0.344. The monoisotopic (exact) mass is 263 g/mol.